The van der Waals surface area contributed by atoms with Gasteiger partial charge in [0.1, 0.15) is 0 Å². The lowest BCUT2D eigenvalue weighted by Crippen LogP contribution is -2.65. The second-order valence-electron chi connectivity index (χ2n) is 5.59. The van der Waals surface area contributed by atoms with Gasteiger partial charge in [-0.3, -0.25) is 0 Å². The van der Waals surface area contributed by atoms with Crippen molar-refractivity contribution in [3.63, 3.8) is 0 Å². The van der Waals surface area contributed by atoms with E-state index in [1.807, 2.05) is 0 Å². The molecule has 0 aromatic carbocycles. The maximum atomic E-state index is 11.7. The fourth-order valence-electron chi connectivity index (χ4n) is 3.49. The van der Waals surface area contributed by atoms with E-state index in [0.717, 1.165) is 38.5 Å². The van der Waals surface area contributed by atoms with E-state index in [0.29, 0.717) is 0 Å². The van der Waals surface area contributed by atoms with Crippen LogP contribution in [-0.4, -0.2) is 23.4 Å². The zero-order chi connectivity index (χ0) is 12.6. The van der Waals surface area contributed by atoms with E-state index in [-0.39, 0.29) is 12.1 Å². The van der Waals surface area contributed by atoms with Crippen LogP contribution in [0.2, 0.25) is 0 Å². The molecule has 6 heteroatoms. The van der Waals surface area contributed by atoms with Gasteiger partial charge in [0.05, 0.1) is 0 Å². The van der Waals surface area contributed by atoms with E-state index in [4.69, 9.17) is 0 Å². The van der Waals surface area contributed by atoms with Crippen molar-refractivity contribution >= 4 is 12.1 Å². The molecule has 0 unspecified atom stereocenters. The van der Waals surface area contributed by atoms with Crippen molar-refractivity contribution in [2.75, 3.05) is 0 Å². The number of nitrogens with one attached hydrogen (secondary N) is 4. The maximum Gasteiger partial charge on any atom is 0.318 e. The van der Waals surface area contributed by atoms with Gasteiger partial charge >= 0.3 is 12.1 Å². The van der Waals surface area contributed by atoms with Gasteiger partial charge in [0, 0.05) is 0 Å². The molecule has 3 aliphatic rings. The minimum absolute atomic E-state index is 0.193. The minimum atomic E-state index is -0.640. The summed E-state index contributed by atoms with van der Waals surface area (Å²) in [6.45, 7) is 0. The number of hydrogen-bond acceptors (Lipinski definition) is 2. The molecule has 0 atom stereocenters. The van der Waals surface area contributed by atoms with E-state index in [1.165, 1.54) is 12.8 Å². The van der Waals surface area contributed by atoms with E-state index in [9.17, 15) is 9.59 Å². The molecule has 0 aromatic rings. The van der Waals surface area contributed by atoms with Crippen molar-refractivity contribution in [3.05, 3.63) is 0 Å². The maximum absolute atomic E-state index is 11.7. The third-order valence-electron chi connectivity index (χ3n) is 4.39. The summed E-state index contributed by atoms with van der Waals surface area (Å²) in [5, 5.41) is 11.7. The standard InChI is InChI=1S/C12H20N4O2/c17-9-13-11-7-5-3-1-2-4-6-8-12(11,15-9)16-10(18)14-11/h1-8H2,(H2,13,15,17)(H2,14,16,18). The van der Waals surface area contributed by atoms with Crippen molar-refractivity contribution < 1.29 is 9.59 Å². The number of amides is 4. The van der Waals surface area contributed by atoms with E-state index >= 15 is 0 Å². The van der Waals surface area contributed by atoms with Crippen LogP contribution >= 0.6 is 0 Å². The highest BCUT2D eigenvalue weighted by atomic mass is 16.2. The van der Waals surface area contributed by atoms with Crippen LogP contribution in [0.3, 0.4) is 0 Å². The van der Waals surface area contributed by atoms with Crippen molar-refractivity contribution in [2.24, 2.45) is 0 Å². The Kier molecular flexibility index (Phi) is 2.60. The predicted molar refractivity (Wildman–Crippen MR) is 65.7 cm³/mol. The molecule has 2 aliphatic heterocycles. The molecule has 3 rings (SSSR count). The smallest absolute Gasteiger partial charge is 0.311 e. The predicted octanol–water partition coefficient (Wildman–Crippen LogP) is 1.14. The number of urea groups is 2. The molecule has 2 saturated heterocycles. The summed E-state index contributed by atoms with van der Waals surface area (Å²) in [5.74, 6) is 0. The molecule has 4 N–H and O–H groups in total. The van der Waals surface area contributed by atoms with Crippen LogP contribution in [0.1, 0.15) is 51.4 Å². The Morgan fingerprint density at radius 3 is 1.33 bits per heavy atom. The number of hydrogen-bond donors (Lipinski definition) is 4. The van der Waals surface area contributed by atoms with Crippen LogP contribution in [-0.2, 0) is 0 Å². The Morgan fingerprint density at radius 1 is 0.611 bits per heavy atom. The first-order chi connectivity index (χ1) is 8.66. The average Bonchev–Trinajstić information content (AvgIpc) is 2.69. The molecule has 0 spiro atoms. The van der Waals surface area contributed by atoms with Gasteiger partial charge in [-0.2, -0.15) is 0 Å². The minimum Gasteiger partial charge on any atom is -0.311 e. The Morgan fingerprint density at radius 2 is 0.944 bits per heavy atom. The summed E-state index contributed by atoms with van der Waals surface area (Å²) >= 11 is 0. The highest BCUT2D eigenvalue weighted by Gasteiger charge is 2.63. The first kappa shape index (κ1) is 11.6. The lowest BCUT2D eigenvalue weighted by molar-refractivity contribution is 0.166. The highest BCUT2D eigenvalue weighted by Crippen LogP contribution is 2.36. The molecular formula is C12H20N4O2. The molecule has 18 heavy (non-hydrogen) atoms. The monoisotopic (exact) mass is 252 g/mol. The van der Waals surface area contributed by atoms with Crippen molar-refractivity contribution in [1.82, 2.24) is 21.3 Å². The van der Waals surface area contributed by atoms with Gasteiger partial charge in [-0.25, -0.2) is 9.59 Å². The van der Waals surface area contributed by atoms with Crippen LogP contribution in [0.4, 0.5) is 9.59 Å². The van der Waals surface area contributed by atoms with Crippen molar-refractivity contribution in [1.29, 1.82) is 0 Å². The summed E-state index contributed by atoms with van der Waals surface area (Å²) in [7, 11) is 0. The second-order valence-corrected chi connectivity index (χ2v) is 5.59. The normalized spacial score (nSPS) is 39.8. The second kappa shape index (κ2) is 4.03. The molecule has 2 heterocycles. The van der Waals surface area contributed by atoms with E-state index < -0.39 is 11.3 Å². The van der Waals surface area contributed by atoms with Gasteiger partial charge in [-0.05, 0) is 25.7 Å². The molecule has 1 aliphatic carbocycles. The van der Waals surface area contributed by atoms with Gasteiger partial charge in [0.15, 0.2) is 11.3 Å². The SMILES string of the molecule is O=C1NC23CCCCCCCCC2(N1)NC(=O)N3. The van der Waals surface area contributed by atoms with Gasteiger partial charge in [0.25, 0.3) is 0 Å². The topological polar surface area (TPSA) is 82.3 Å². The third-order valence-corrected chi connectivity index (χ3v) is 4.39. The van der Waals surface area contributed by atoms with Crippen LogP contribution < -0.4 is 21.3 Å². The number of carbonyl (C=O) groups excluding carboxylic acids is 2. The average molecular weight is 252 g/mol. The summed E-state index contributed by atoms with van der Waals surface area (Å²) in [6, 6.07) is -0.386. The first-order valence-electron chi connectivity index (χ1n) is 6.87. The zero-order valence-corrected chi connectivity index (χ0v) is 10.5. The molecule has 0 aromatic heterocycles. The Hall–Kier alpha value is -1.46. The molecule has 100 valence electrons. The van der Waals surface area contributed by atoms with Gasteiger partial charge < -0.3 is 21.3 Å². The zero-order valence-electron chi connectivity index (χ0n) is 10.5. The van der Waals surface area contributed by atoms with Crippen LogP contribution in [0.15, 0.2) is 0 Å². The number of rotatable bonds is 0. The molecule has 4 amide bonds. The Bertz CT molecular complexity index is 330. The highest BCUT2D eigenvalue weighted by molar-refractivity contribution is 5.88. The van der Waals surface area contributed by atoms with Crippen molar-refractivity contribution in [2.45, 2.75) is 62.7 Å². The molecule has 0 radical (unpaired) electrons. The van der Waals surface area contributed by atoms with E-state index in [2.05, 4.69) is 21.3 Å². The third kappa shape index (κ3) is 1.62. The molecule has 6 nitrogen and oxygen atoms in total. The van der Waals surface area contributed by atoms with Crippen LogP contribution in [0, 0.1) is 0 Å². The first-order valence-corrected chi connectivity index (χ1v) is 6.87. The summed E-state index contributed by atoms with van der Waals surface area (Å²) in [5.41, 5.74) is -1.28. The summed E-state index contributed by atoms with van der Waals surface area (Å²) in [6.07, 6.45) is 8.40. The van der Waals surface area contributed by atoms with Crippen LogP contribution in [0.5, 0.6) is 0 Å². The summed E-state index contributed by atoms with van der Waals surface area (Å²) in [4.78, 5) is 23.4. The van der Waals surface area contributed by atoms with Crippen molar-refractivity contribution in [3.8, 4) is 0 Å². The molecule has 3 fully saturated rings. The van der Waals surface area contributed by atoms with Gasteiger partial charge in [-0.15, -0.1) is 0 Å². The van der Waals surface area contributed by atoms with E-state index in [1.54, 1.807) is 0 Å². The van der Waals surface area contributed by atoms with Crippen LogP contribution in [0.25, 0.3) is 0 Å². The number of carbonyl (C=O) groups is 2. The Labute approximate surface area is 106 Å². The fraction of sp³-hybridized carbons (Fsp3) is 0.833. The molecule has 1 saturated carbocycles. The van der Waals surface area contributed by atoms with Gasteiger partial charge in [-0.1, -0.05) is 25.7 Å². The fourth-order valence-corrected chi connectivity index (χ4v) is 3.49. The Balaban J connectivity index is 1.91. The molecular weight excluding hydrogens is 232 g/mol. The molecule has 0 bridgehead atoms. The lowest BCUT2D eigenvalue weighted by atomic mass is 9.84. The summed E-state index contributed by atoms with van der Waals surface area (Å²) < 4.78 is 0. The largest absolute Gasteiger partial charge is 0.318 e. The van der Waals surface area contributed by atoms with Gasteiger partial charge in [0.2, 0.25) is 0 Å². The lowest BCUT2D eigenvalue weighted by Gasteiger charge is -2.37. The quantitative estimate of drug-likeness (QED) is 0.521.